The summed E-state index contributed by atoms with van der Waals surface area (Å²) in [6, 6.07) is 4.10. The second-order valence-corrected chi connectivity index (χ2v) is 4.17. The van der Waals surface area contributed by atoms with Crippen LogP contribution >= 0.6 is 0 Å². The molecule has 7 heteroatoms. The molecule has 0 aliphatic rings. The summed E-state index contributed by atoms with van der Waals surface area (Å²) < 4.78 is 13.4. The lowest BCUT2D eigenvalue weighted by molar-refractivity contribution is -0.383. The zero-order valence-corrected chi connectivity index (χ0v) is 11.1. The van der Waals surface area contributed by atoms with Gasteiger partial charge in [-0.3, -0.25) is 10.1 Å². The van der Waals surface area contributed by atoms with Crippen LogP contribution in [0, 0.1) is 22.9 Å². The molecule has 1 aromatic heterocycles. The van der Waals surface area contributed by atoms with Crippen LogP contribution in [0.25, 0.3) is 11.3 Å². The molecule has 20 heavy (non-hydrogen) atoms. The largest absolute Gasteiger partial charge is 0.365 e. The van der Waals surface area contributed by atoms with Crippen molar-refractivity contribution in [3.05, 3.63) is 46.0 Å². The zero-order chi connectivity index (χ0) is 14.7. The maximum absolute atomic E-state index is 13.4. The number of nitrogens with zero attached hydrogens (tertiary/aromatic N) is 3. The van der Waals surface area contributed by atoms with Crippen LogP contribution in [0.5, 0.6) is 0 Å². The van der Waals surface area contributed by atoms with Crippen LogP contribution in [-0.2, 0) is 0 Å². The minimum Gasteiger partial charge on any atom is -0.365 e. The standard InChI is InChI=1S/C13H13FN4O2/c1-3-15-13-12(18(19)20)11(16-7-17-13)10-6-9(14)5-4-8(10)2/h4-7H,3H2,1-2H3,(H,15,16,17). The molecular formula is C13H13FN4O2. The van der Waals surface area contributed by atoms with Gasteiger partial charge in [0.1, 0.15) is 12.1 Å². The van der Waals surface area contributed by atoms with E-state index in [0.29, 0.717) is 17.7 Å². The first kappa shape index (κ1) is 13.9. The molecule has 2 rings (SSSR count). The fourth-order valence-corrected chi connectivity index (χ4v) is 1.89. The summed E-state index contributed by atoms with van der Waals surface area (Å²) >= 11 is 0. The number of nitrogens with one attached hydrogen (secondary N) is 1. The average Bonchev–Trinajstić information content (AvgIpc) is 2.41. The fourth-order valence-electron chi connectivity index (χ4n) is 1.89. The second kappa shape index (κ2) is 5.60. The summed E-state index contributed by atoms with van der Waals surface area (Å²) in [4.78, 5) is 18.5. The Morgan fingerprint density at radius 3 is 2.80 bits per heavy atom. The third kappa shape index (κ3) is 2.56. The SMILES string of the molecule is CCNc1ncnc(-c2cc(F)ccc2C)c1[N+](=O)[O-]. The molecule has 0 saturated carbocycles. The molecule has 0 saturated heterocycles. The first-order chi connectivity index (χ1) is 9.54. The highest BCUT2D eigenvalue weighted by molar-refractivity contribution is 5.78. The van der Waals surface area contributed by atoms with Gasteiger partial charge in [-0.15, -0.1) is 0 Å². The van der Waals surface area contributed by atoms with Gasteiger partial charge in [-0.25, -0.2) is 14.4 Å². The lowest BCUT2D eigenvalue weighted by Crippen LogP contribution is -2.06. The van der Waals surface area contributed by atoms with Crippen LogP contribution in [0.2, 0.25) is 0 Å². The smallest absolute Gasteiger partial charge is 0.337 e. The van der Waals surface area contributed by atoms with Crippen molar-refractivity contribution in [3.63, 3.8) is 0 Å². The van der Waals surface area contributed by atoms with Gasteiger partial charge in [-0.05, 0) is 31.5 Å². The minimum absolute atomic E-state index is 0.109. The van der Waals surface area contributed by atoms with Crippen LogP contribution in [0.15, 0.2) is 24.5 Å². The van der Waals surface area contributed by atoms with E-state index in [2.05, 4.69) is 15.3 Å². The Morgan fingerprint density at radius 2 is 2.15 bits per heavy atom. The monoisotopic (exact) mass is 276 g/mol. The van der Waals surface area contributed by atoms with Crippen molar-refractivity contribution in [1.82, 2.24) is 9.97 Å². The molecule has 0 radical (unpaired) electrons. The van der Waals surface area contributed by atoms with Gasteiger partial charge in [0, 0.05) is 12.1 Å². The normalized spacial score (nSPS) is 10.3. The summed E-state index contributed by atoms with van der Waals surface area (Å²) in [6.07, 6.45) is 1.23. The van der Waals surface area contributed by atoms with E-state index in [-0.39, 0.29) is 17.2 Å². The number of anilines is 1. The molecule has 1 N–H and O–H groups in total. The van der Waals surface area contributed by atoms with Gasteiger partial charge in [-0.1, -0.05) is 6.07 Å². The summed E-state index contributed by atoms with van der Waals surface area (Å²) in [5.74, 6) is -0.338. The summed E-state index contributed by atoms with van der Waals surface area (Å²) in [5.41, 5.74) is 0.954. The van der Waals surface area contributed by atoms with Crippen molar-refractivity contribution in [2.24, 2.45) is 0 Å². The zero-order valence-electron chi connectivity index (χ0n) is 11.1. The highest BCUT2D eigenvalue weighted by atomic mass is 19.1. The predicted octanol–water partition coefficient (Wildman–Crippen LogP) is 2.93. The molecule has 0 bridgehead atoms. The van der Waals surface area contributed by atoms with Crippen molar-refractivity contribution < 1.29 is 9.31 Å². The number of hydrogen-bond donors (Lipinski definition) is 1. The van der Waals surface area contributed by atoms with Gasteiger partial charge in [0.05, 0.1) is 4.92 Å². The van der Waals surface area contributed by atoms with Crippen molar-refractivity contribution in [2.45, 2.75) is 13.8 Å². The Hall–Kier alpha value is -2.57. The van der Waals surface area contributed by atoms with Crippen LogP contribution in [0.3, 0.4) is 0 Å². The van der Waals surface area contributed by atoms with E-state index < -0.39 is 10.7 Å². The number of aromatic nitrogens is 2. The van der Waals surface area contributed by atoms with E-state index in [0.717, 1.165) is 0 Å². The highest BCUT2D eigenvalue weighted by Gasteiger charge is 2.24. The molecule has 0 amide bonds. The van der Waals surface area contributed by atoms with Crippen molar-refractivity contribution >= 4 is 11.5 Å². The first-order valence-electron chi connectivity index (χ1n) is 6.04. The number of halogens is 1. The number of hydrogen-bond acceptors (Lipinski definition) is 5. The number of benzene rings is 1. The Labute approximate surface area is 114 Å². The molecular weight excluding hydrogens is 263 g/mol. The Kier molecular flexibility index (Phi) is 3.88. The van der Waals surface area contributed by atoms with E-state index in [1.54, 1.807) is 19.9 Å². The maximum Gasteiger partial charge on any atom is 0.337 e. The van der Waals surface area contributed by atoms with Crippen molar-refractivity contribution in [2.75, 3.05) is 11.9 Å². The molecule has 0 unspecified atom stereocenters. The highest BCUT2D eigenvalue weighted by Crippen LogP contribution is 2.34. The molecule has 0 aliphatic heterocycles. The minimum atomic E-state index is -0.558. The Balaban J connectivity index is 2.70. The predicted molar refractivity (Wildman–Crippen MR) is 73.0 cm³/mol. The molecule has 0 fully saturated rings. The van der Waals surface area contributed by atoms with Gasteiger partial charge in [-0.2, -0.15) is 0 Å². The van der Waals surface area contributed by atoms with E-state index in [1.165, 1.54) is 18.5 Å². The van der Waals surface area contributed by atoms with Gasteiger partial charge in [0.15, 0.2) is 5.69 Å². The lowest BCUT2D eigenvalue weighted by Gasteiger charge is -2.09. The summed E-state index contributed by atoms with van der Waals surface area (Å²) in [5, 5.41) is 14.1. The fraction of sp³-hybridized carbons (Fsp3) is 0.231. The lowest BCUT2D eigenvalue weighted by atomic mass is 10.0. The summed E-state index contributed by atoms with van der Waals surface area (Å²) in [6.45, 7) is 4.03. The molecule has 6 nitrogen and oxygen atoms in total. The number of nitro groups is 1. The first-order valence-corrected chi connectivity index (χ1v) is 6.04. The van der Waals surface area contributed by atoms with Crippen LogP contribution in [-0.4, -0.2) is 21.4 Å². The molecule has 104 valence electrons. The van der Waals surface area contributed by atoms with Gasteiger partial charge >= 0.3 is 5.69 Å². The topological polar surface area (TPSA) is 81.0 Å². The van der Waals surface area contributed by atoms with E-state index in [9.17, 15) is 14.5 Å². The van der Waals surface area contributed by atoms with E-state index >= 15 is 0 Å². The van der Waals surface area contributed by atoms with Crippen LogP contribution < -0.4 is 5.32 Å². The number of aryl methyl sites for hydroxylation is 1. The molecule has 0 spiro atoms. The van der Waals surface area contributed by atoms with Gasteiger partial charge in [0.25, 0.3) is 0 Å². The second-order valence-electron chi connectivity index (χ2n) is 4.17. The van der Waals surface area contributed by atoms with E-state index in [1.807, 2.05) is 0 Å². The average molecular weight is 276 g/mol. The molecule has 2 aromatic rings. The van der Waals surface area contributed by atoms with E-state index in [4.69, 9.17) is 0 Å². The molecule has 0 atom stereocenters. The quantitative estimate of drug-likeness (QED) is 0.686. The molecule has 1 heterocycles. The van der Waals surface area contributed by atoms with Crippen molar-refractivity contribution in [3.8, 4) is 11.3 Å². The van der Waals surface area contributed by atoms with Crippen LogP contribution in [0.1, 0.15) is 12.5 Å². The van der Waals surface area contributed by atoms with Crippen LogP contribution in [0.4, 0.5) is 15.9 Å². The third-order valence-corrected chi connectivity index (χ3v) is 2.80. The van der Waals surface area contributed by atoms with Crippen molar-refractivity contribution in [1.29, 1.82) is 0 Å². The number of rotatable bonds is 4. The summed E-state index contributed by atoms with van der Waals surface area (Å²) in [7, 11) is 0. The van der Waals surface area contributed by atoms with Gasteiger partial charge in [0.2, 0.25) is 5.82 Å². The van der Waals surface area contributed by atoms with Gasteiger partial charge < -0.3 is 5.32 Å². The third-order valence-electron chi connectivity index (χ3n) is 2.80. The maximum atomic E-state index is 13.4. The molecule has 0 aliphatic carbocycles. The Morgan fingerprint density at radius 1 is 1.40 bits per heavy atom. The molecule has 1 aromatic carbocycles. The Bertz CT molecular complexity index is 661.